The molecule has 0 saturated carbocycles. The van der Waals surface area contributed by atoms with E-state index < -0.39 is 11.7 Å². The van der Waals surface area contributed by atoms with Crippen LogP contribution >= 0.6 is 12.8 Å². The second-order valence-electron chi connectivity index (χ2n) is 2.62. The number of thiol groups is 1. The van der Waals surface area contributed by atoms with Crippen molar-refractivity contribution in [2.75, 3.05) is 0 Å². The molecule has 1 heterocycles. The molecule has 0 radical (unpaired) electrons. The van der Waals surface area contributed by atoms with E-state index in [4.69, 9.17) is 4.42 Å². The van der Waals surface area contributed by atoms with Gasteiger partial charge in [0.1, 0.15) is 17.1 Å². The minimum atomic E-state index is -0.761. The van der Waals surface area contributed by atoms with Gasteiger partial charge in [0.05, 0.1) is 6.21 Å². The molecule has 2 N–H and O–H groups in total. The van der Waals surface area contributed by atoms with Crippen LogP contribution in [0.2, 0.25) is 0 Å². The molecule has 15 heavy (non-hydrogen) atoms. The molecule has 1 aromatic rings. The number of hydrogen-bond acceptors (Lipinski definition) is 5. The summed E-state index contributed by atoms with van der Waals surface area (Å²) in [6.45, 7) is 1.52. The second kappa shape index (κ2) is 4.65. The molecular weight excluding hydrogens is 220 g/mol. The fraction of sp³-hybridized carbons (Fsp3) is 0.125. The van der Waals surface area contributed by atoms with Gasteiger partial charge in [-0.3, -0.25) is 4.72 Å². The molecule has 7 heteroatoms. The van der Waals surface area contributed by atoms with Crippen LogP contribution in [0.3, 0.4) is 0 Å². The van der Waals surface area contributed by atoms with Crippen molar-refractivity contribution in [1.29, 1.82) is 0 Å². The number of aromatic hydroxyl groups is 1. The van der Waals surface area contributed by atoms with Crippen LogP contribution in [0.15, 0.2) is 20.3 Å². The molecule has 0 unspecified atom stereocenters. The van der Waals surface area contributed by atoms with Crippen LogP contribution in [0.1, 0.15) is 11.3 Å². The van der Waals surface area contributed by atoms with E-state index in [0.717, 1.165) is 6.21 Å². The van der Waals surface area contributed by atoms with Gasteiger partial charge in [-0.25, -0.2) is 14.6 Å². The third-order valence-electron chi connectivity index (χ3n) is 1.50. The maximum absolute atomic E-state index is 11.2. The van der Waals surface area contributed by atoms with Gasteiger partial charge in [-0.2, -0.15) is 0 Å². The Labute approximate surface area is 90.2 Å². The number of urea groups is 1. The minimum absolute atomic E-state index is 0.183. The van der Waals surface area contributed by atoms with Gasteiger partial charge < -0.3 is 9.52 Å². The topological polar surface area (TPSA) is 91.9 Å². The molecule has 0 saturated heterocycles. The van der Waals surface area contributed by atoms with E-state index in [1.165, 1.54) is 13.0 Å². The molecular formula is C8H8N2O4S. The molecule has 6 nitrogen and oxygen atoms in total. The number of carbonyl (C=O) groups is 1. The fourth-order valence-corrected chi connectivity index (χ4v) is 0.934. The molecule has 0 spiro atoms. The van der Waals surface area contributed by atoms with E-state index in [0.29, 0.717) is 0 Å². The first-order chi connectivity index (χ1) is 7.04. The number of amides is 2. The SMILES string of the molecule is Cc1cc(O)c(C=NC(=O)NS)c(=O)o1. The zero-order valence-corrected chi connectivity index (χ0v) is 8.62. The number of aliphatic imine (C=N–C) groups is 1. The van der Waals surface area contributed by atoms with Gasteiger partial charge in [-0.05, 0) is 6.92 Å². The number of nitrogens with one attached hydrogen (secondary N) is 1. The Hall–Kier alpha value is -1.76. The van der Waals surface area contributed by atoms with Crippen LogP contribution in [0.4, 0.5) is 4.79 Å². The van der Waals surface area contributed by atoms with Crippen LogP contribution in [-0.4, -0.2) is 17.4 Å². The summed E-state index contributed by atoms with van der Waals surface area (Å²) in [5, 5.41) is 9.36. The highest BCUT2D eigenvalue weighted by Gasteiger charge is 2.07. The molecule has 80 valence electrons. The van der Waals surface area contributed by atoms with Crippen molar-refractivity contribution in [3.63, 3.8) is 0 Å². The van der Waals surface area contributed by atoms with E-state index >= 15 is 0 Å². The zero-order chi connectivity index (χ0) is 11.4. The Morgan fingerprint density at radius 3 is 2.93 bits per heavy atom. The van der Waals surface area contributed by atoms with E-state index in [1.54, 1.807) is 0 Å². The first-order valence-corrected chi connectivity index (χ1v) is 4.31. The lowest BCUT2D eigenvalue weighted by Crippen LogP contribution is -2.11. The fourth-order valence-electron chi connectivity index (χ4n) is 0.876. The van der Waals surface area contributed by atoms with Crippen molar-refractivity contribution < 1.29 is 14.3 Å². The highest BCUT2D eigenvalue weighted by molar-refractivity contribution is 7.78. The highest BCUT2D eigenvalue weighted by Crippen LogP contribution is 2.12. The van der Waals surface area contributed by atoms with Crippen LogP contribution in [0.5, 0.6) is 5.75 Å². The van der Waals surface area contributed by atoms with Crippen LogP contribution in [-0.2, 0) is 0 Å². The van der Waals surface area contributed by atoms with Gasteiger partial charge in [0, 0.05) is 6.07 Å². The Bertz CT molecular complexity index is 466. The smallest absolute Gasteiger partial charge is 0.350 e. The molecule has 0 aliphatic heterocycles. The lowest BCUT2D eigenvalue weighted by Gasteiger charge is -1.97. The Balaban J connectivity index is 3.11. The van der Waals surface area contributed by atoms with Gasteiger partial charge in [-0.1, -0.05) is 12.8 Å². The van der Waals surface area contributed by atoms with E-state index in [2.05, 4.69) is 17.8 Å². The number of nitrogens with zero attached hydrogens (tertiary/aromatic N) is 1. The number of aryl methyl sites for hydroxylation is 1. The molecule has 0 fully saturated rings. The lowest BCUT2D eigenvalue weighted by atomic mass is 10.2. The molecule has 0 bridgehead atoms. The Kier molecular flexibility index (Phi) is 3.51. The molecule has 1 aromatic heterocycles. The number of carbonyl (C=O) groups excluding carboxylic acids is 1. The predicted octanol–water partition coefficient (Wildman–Crippen LogP) is 0.627. The normalized spacial score (nSPS) is 10.5. The zero-order valence-electron chi connectivity index (χ0n) is 7.72. The summed E-state index contributed by atoms with van der Waals surface area (Å²) in [6.07, 6.45) is 0.909. The summed E-state index contributed by atoms with van der Waals surface area (Å²) in [6, 6.07) is 0.499. The summed E-state index contributed by atoms with van der Waals surface area (Å²) < 4.78 is 6.63. The monoisotopic (exact) mass is 228 g/mol. The van der Waals surface area contributed by atoms with Gasteiger partial charge in [0.15, 0.2) is 0 Å². The van der Waals surface area contributed by atoms with Crippen molar-refractivity contribution in [2.45, 2.75) is 6.92 Å². The van der Waals surface area contributed by atoms with E-state index in [-0.39, 0.29) is 17.1 Å². The molecule has 0 aliphatic rings. The number of rotatable bonds is 1. The highest BCUT2D eigenvalue weighted by atomic mass is 32.1. The van der Waals surface area contributed by atoms with Crippen molar-refractivity contribution in [2.24, 2.45) is 4.99 Å². The maximum atomic E-state index is 11.2. The van der Waals surface area contributed by atoms with Crippen molar-refractivity contribution in [3.05, 3.63) is 27.8 Å². The molecule has 0 atom stereocenters. The molecule has 1 rings (SSSR count). The van der Waals surface area contributed by atoms with E-state index in [1.807, 2.05) is 4.72 Å². The quantitative estimate of drug-likeness (QED) is 0.485. The Morgan fingerprint density at radius 2 is 2.40 bits per heavy atom. The van der Waals surface area contributed by atoms with Crippen molar-refractivity contribution in [1.82, 2.24) is 4.72 Å². The third-order valence-corrected chi connectivity index (χ3v) is 1.69. The second-order valence-corrected chi connectivity index (χ2v) is 2.84. The largest absolute Gasteiger partial charge is 0.507 e. The van der Waals surface area contributed by atoms with Gasteiger partial charge >= 0.3 is 11.7 Å². The molecule has 0 aliphatic carbocycles. The van der Waals surface area contributed by atoms with Gasteiger partial charge in [0.2, 0.25) is 0 Å². The summed E-state index contributed by atoms with van der Waals surface area (Å²) in [5.74, 6) is -0.0206. The Morgan fingerprint density at radius 1 is 1.73 bits per heavy atom. The average Bonchev–Trinajstić information content (AvgIpc) is 2.15. The van der Waals surface area contributed by atoms with E-state index in [9.17, 15) is 14.7 Å². The summed E-state index contributed by atoms with van der Waals surface area (Å²) in [5.41, 5.74) is -0.944. The maximum Gasteiger partial charge on any atom is 0.350 e. The first kappa shape index (κ1) is 11.3. The van der Waals surface area contributed by atoms with Crippen LogP contribution < -0.4 is 10.3 Å². The lowest BCUT2D eigenvalue weighted by molar-refractivity contribution is 0.254. The third kappa shape index (κ3) is 2.84. The standard InChI is InChI=1S/C8H8N2O4S/c1-4-2-6(11)5(7(12)14-4)3-9-8(13)10-15/h2-3,11,15H,1H3,(H,10,13). The molecule has 0 aromatic carbocycles. The summed E-state index contributed by atoms with van der Waals surface area (Å²) in [7, 11) is 0. The van der Waals surface area contributed by atoms with Crippen LogP contribution in [0.25, 0.3) is 0 Å². The van der Waals surface area contributed by atoms with Crippen molar-refractivity contribution in [3.8, 4) is 5.75 Å². The van der Waals surface area contributed by atoms with Crippen molar-refractivity contribution >= 4 is 25.1 Å². The predicted molar refractivity (Wildman–Crippen MR) is 56.5 cm³/mol. The van der Waals surface area contributed by atoms with Gasteiger partial charge in [-0.15, -0.1) is 0 Å². The number of hydrogen-bond donors (Lipinski definition) is 3. The van der Waals surface area contributed by atoms with Crippen LogP contribution in [0, 0.1) is 6.92 Å². The minimum Gasteiger partial charge on any atom is -0.507 e. The first-order valence-electron chi connectivity index (χ1n) is 3.86. The summed E-state index contributed by atoms with van der Waals surface area (Å²) in [4.78, 5) is 25.2. The average molecular weight is 228 g/mol. The summed E-state index contributed by atoms with van der Waals surface area (Å²) >= 11 is 3.45. The molecule has 2 amide bonds. The van der Waals surface area contributed by atoms with Gasteiger partial charge in [0.25, 0.3) is 0 Å².